The van der Waals surface area contributed by atoms with Crippen molar-refractivity contribution in [2.75, 3.05) is 18.0 Å². The highest BCUT2D eigenvalue weighted by Crippen LogP contribution is 2.23. The Kier molecular flexibility index (Phi) is 4.76. The van der Waals surface area contributed by atoms with Crippen LogP contribution in [-0.4, -0.2) is 29.8 Å². The molecule has 0 unspecified atom stereocenters. The van der Waals surface area contributed by atoms with E-state index >= 15 is 0 Å². The zero-order valence-electron chi connectivity index (χ0n) is 13.2. The summed E-state index contributed by atoms with van der Waals surface area (Å²) < 4.78 is 0. The molecule has 0 bridgehead atoms. The van der Waals surface area contributed by atoms with Crippen molar-refractivity contribution in [3.63, 3.8) is 0 Å². The standard InChI is InChI=1S/C18H20N2O2S/c1-2-19(13-16-8-5-11-23-16)18(22)14-6-3-7-15(12-14)20-10-4-9-17(20)21/h3,5-8,11-12H,2,4,9-10,13H2,1H3. The maximum Gasteiger partial charge on any atom is 0.254 e. The van der Waals surface area contributed by atoms with Crippen molar-refractivity contribution in [2.45, 2.75) is 26.3 Å². The first kappa shape index (κ1) is 15.7. The van der Waals surface area contributed by atoms with Gasteiger partial charge in [-0.25, -0.2) is 0 Å². The highest BCUT2D eigenvalue weighted by Gasteiger charge is 2.23. The molecule has 1 aromatic heterocycles. The largest absolute Gasteiger partial charge is 0.334 e. The highest BCUT2D eigenvalue weighted by atomic mass is 32.1. The zero-order valence-corrected chi connectivity index (χ0v) is 14.0. The summed E-state index contributed by atoms with van der Waals surface area (Å²) in [4.78, 5) is 29.4. The molecule has 0 atom stereocenters. The molecule has 3 rings (SSSR count). The van der Waals surface area contributed by atoms with Crippen molar-refractivity contribution in [1.82, 2.24) is 4.90 Å². The second-order valence-electron chi connectivity index (χ2n) is 5.60. The van der Waals surface area contributed by atoms with Gasteiger partial charge in [-0.3, -0.25) is 9.59 Å². The molecule has 0 aliphatic carbocycles. The Morgan fingerprint density at radius 3 is 2.83 bits per heavy atom. The fourth-order valence-corrected chi connectivity index (χ4v) is 3.55. The molecule has 1 aliphatic rings. The van der Waals surface area contributed by atoms with Gasteiger partial charge in [0.15, 0.2) is 0 Å². The summed E-state index contributed by atoms with van der Waals surface area (Å²) >= 11 is 1.66. The van der Waals surface area contributed by atoms with Gasteiger partial charge in [0.05, 0.1) is 6.54 Å². The quantitative estimate of drug-likeness (QED) is 0.842. The van der Waals surface area contributed by atoms with Crippen molar-refractivity contribution in [2.24, 2.45) is 0 Å². The van der Waals surface area contributed by atoms with E-state index in [-0.39, 0.29) is 11.8 Å². The number of thiophene rings is 1. The van der Waals surface area contributed by atoms with Gasteiger partial charge in [0.1, 0.15) is 0 Å². The first-order valence-electron chi connectivity index (χ1n) is 7.91. The Bertz CT molecular complexity index is 697. The number of rotatable bonds is 5. The van der Waals surface area contributed by atoms with Crippen molar-refractivity contribution in [3.05, 3.63) is 52.2 Å². The highest BCUT2D eigenvalue weighted by molar-refractivity contribution is 7.09. The Morgan fingerprint density at radius 1 is 1.30 bits per heavy atom. The molecule has 4 nitrogen and oxygen atoms in total. The molecule has 2 aromatic rings. The van der Waals surface area contributed by atoms with Crippen LogP contribution in [-0.2, 0) is 11.3 Å². The lowest BCUT2D eigenvalue weighted by molar-refractivity contribution is -0.117. The number of anilines is 1. The third-order valence-corrected chi connectivity index (χ3v) is 4.94. The van der Waals surface area contributed by atoms with Crippen LogP contribution in [0.25, 0.3) is 0 Å². The number of benzene rings is 1. The van der Waals surface area contributed by atoms with Gasteiger partial charge in [-0.15, -0.1) is 11.3 Å². The van der Waals surface area contributed by atoms with E-state index in [2.05, 4.69) is 0 Å². The third-order valence-electron chi connectivity index (χ3n) is 4.07. The first-order chi connectivity index (χ1) is 11.2. The van der Waals surface area contributed by atoms with E-state index in [1.807, 2.05) is 53.6 Å². The fraction of sp³-hybridized carbons (Fsp3) is 0.333. The first-order valence-corrected chi connectivity index (χ1v) is 8.79. The lowest BCUT2D eigenvalue weighted by Gasteiger charge is -2.22. The van der Waals surface area contributed by atoms with E-state index in [1.165, 1.54) is 4.88 Å². The molecule has 0 saturated carbocycles. The second kappa shape index (κ2) is 6.96. The van der Waals surface area contributed by atoms with Gasteiger partial charge in [0, 0.05) is 35.6 Å². The number of carbonyl (C=O) groups excluding carboxylic acids is 2. The fourth-order valence-electron chi connectivity index (χ4n) is 2.83. The number of nitrogens with zero attached hydrogens (tertiary/aromatic N) is 2. The maximum atomic E-state index is 12.8. The average molecular weight is 328 g/mol. The smallest absolute Gasteiger partial charge is 0.254 e. The van der Waals surface area contributed by atoms with Gasteiger partial charge in [-0.2, -0.15) is 0 Å². The van der Waals surface area contributed by atoms with E-state index in [1.54, 1.807) is 16.2 Å². The lowest BCUT2D eigenvalue weighted by atomic mass is 10.1. The molecule has 1 saturated heterocycles. The molecular formula is C18H20N2O2S. The molecule has 120 valence electrons. The van der Waals surface area contributed by atoms with Crippen LogP contribution in [0.2, 0.25) is 0 Å². The number of hydrogen-bond acceptors (Lipinski definition) is 3. The second-order valence-corrected chi connectivity index (χ2v) is 6.63. The van der Waals surface area contributed by atoms with E-state index in [0.717, 1.165) is 18.7 Å². The van der Waals surface area contributed by atoms with Gasteiger partial charge in [-0.1, -0.05) is 12.1 Å². The predicted octanol–water partition coefficient (Wildman–Crippen LogP) is 3.54. The number of amides is 2. The molecule has 1 aromatic carbocycles. The molecule has 0 radical (unpaired) electrons. The summed E-state index contributed by atoms with van der Waals surface area (Å²) in [6.45, 7) is 4.01. The molecule has 5 heteroatoms. The lowest BCUT2D eigenvalue weighted by Crippen LogP contribution is -2.30. The van der Waals surface area contributed by atoms with E-state index in [4.69, 9.17) is 0 Å². The molecule has 2 amide bonds. The Hall–Kier alpha value is -2.14. The van der Waals surface area contributed by atoms with Gasteiger partial charge in [-0.05, 0) is 43.0 Å². The zero-order chi connectivity index (χ0) is 16.2. The van der Waals surface area contributed by atoms with E-state index in [0.29, 0.717) is 25.1 Å². The van der Waals surface area contributed by atoms with E-state index in [9.17, 15) is 9.59 Å². The van der Waals surface area contributed by atoms with Crippen molar-refractivity contribution in [1.29, 1.82) is 0 Å². The Labute approximate surface area is 140 Å². The summed E-state index contributed by atoms with van der Waals surface area (Å²) in [7, 11) is 0. The van der Waals surface area contributed by atoms with Crippen molar-refractivity contribution >= 4 is 28.8 Å². The topological polar surface area (TPSA) is 40.6 Å². The molecule has 23 heavy (non-hydrogen) atoms. The summed E-state index contributed by atoms with van der Waals surface area (Å²) in [5.41, 5.74) is 1.46. The monoisotopic (exact) mass is 328 g/mol. The minimum absolute atomic E-state index is 0.00870. The molecule has 0 N–H and O–H groups in total. The summed E-state index contributed by atoms with van der Waals surface area (Å²) in [6, 6.07) is 11.5. The van der Waals surface area contributed by atoms with Crippen molar-refractivity contribution < 1.29 is 9.59 Å². The SMILES string of the molecule is CCN(Cc1cccs1)C(=O)c1cccc(N2CCCC2=O)c1. The van der Waals surface area contributed by atoms with Crippen LogP contribution in [0.5, 0.6) is 0 Å². The van der Waals surface area contributed by atoms with Crippen LogP contribution >= 0.6 is 11.3 Å². The van der Waals surface area contributed by atoms with E-state index < -0.39 is 0 Å². The van der Waals surface area contributed by atoms with Crippen LogP contribution in [0.3, 0.4) is 0 Å². The summed E-state index contributed by atoms with van der Waals surface area (Å²) in [6.07, 6.45) is 1.48. The molecule has 2 heterocycles. The molecular weight excluding hydrogens is 308 g/mol. The molecule has 1 aliphatic heterocycles. The number of hydrogen-bond donors (Lipinski definition) is 0. The number of carbonyl (C=O) groups is 2. The average Bonchev–Trinajstić information content (AvgIpc) is 3.23. The molecule has 1 fully saturated rings. The summed E-state index contributed by atoms with van der Waals surface area (Å²) in [5, 5.41) is 2.02. The minimum Gasteiger partial charge on any atom is -0.334 e. The van der Waals surface area contributed by atoms with Gasteiger partial charge < -0.3 is 9.80 Å². The van der Waals surface area contributed by atoms with Gasteiger partial charge >= 0.3 is 0 Å². The van der Waals surface area contributed by atoms with Crippen LogP contribution in [0.4, 0.5) is 5.69 Å². The van der Waals surface area contributed by atoms with Crippen LogP contribution in [0.15, 0.2) is 41.8 Å². The van der Waals surface area contributed by atoms with Crippen molar-refractivity contribution in [3.8, 4) is 0 Å². The minimum atomic E-state index is 0.00870. The maximum absolute atomic E-state index is 12.8. The van der Waals surface area contributed by atoms with Crippen LogP contribution < -0.4 is 4.90 Å². The Balaban J connectivity index is 1.79. The Morgan fingerprint density at radius 2 is 2.17 bits per heavy atom. The predicted molar refractivity (Wildman–Crippen MR) is 92.8 cm³/mol. The van der Waals surface area contributed by atoms with Crippen LogP contribution in [0.1, 0.15) is 35.0 Å². The van der Waals surface area contributed by atoms with Crippen LogP contribution in [0, 0.1) is 0 Å². The van der Waals surface area contributed by atoms with Gasteiger partial charge in [0.25, 0.3) is 5.91 Å². The normalized spacial score (nSPS) is 14.3. The third kappa shape index (κ3) is 3.45. The van der Waals surface area contributed by atoms with Gasteiger partial charge in [0.2, 0.25) is 5.91 Å². The molecule has 0 spiro atoms. The summed E-state index contributed by atoms with van der Waals surface area (Å²) in [5.74, 6) is 0.148.